The molecule has 0 heterocycles. The maximum absolute atomic E-state index is 12.9. The van der Waals surface area contributed by atoms with Crippen molar-refractivity contribution in [1.29, 1.82) is 0 Å². The maximum Gasteiger partial charge on any atom is 0.390 e. The van der Waals surface area contributed by atoms with E-state index in [9.17, 15) is 24.6 Å². The molecule has 0 spiro atoms. The predicted octanol–water partition coefficient (Wildman–Crippen LogP) is 3.43. The van der Waals surface area contributed by atoms with Crippen molar-refractivity contribution < 1.29 is 38.9 Å². The van der Waals surface area contributed by atoms with Gasteiger partial charge in [-0.2, -0.15) is 8.87 Å². The number of hydrogen-bond acceptors (Lipinski definition) is 3. The van der Waals surface area contributed by atoms with E-state index < -0.39 is 28.5 Å². The molecule has 0 aliphatic heterocycles. The summed E-state index contributed by atoms with van der Waals surface area (Å²) in [5.74, 6) is 0. The Bertz CT molecular complexity index is 588. The fourth-order valence-electron chi connectivity index (χ4n) is 0.951. The Morgan fingerprint density at radius 2 is 1.47 bits per heavy atom. The summed E-state index contributed by atoms with van der Waals surface area (Å²) in [6, 6.07) is 4.91. The molecule has 13 heteroatoms. The van der Waals surface area contributed by atoms with E-state index in [4.69, 9.17) is 4.89 Å². The maximum atomic E-state index is 12.9. The van der Waals surface area contributed by atoms with Crippen LogP contribution in [0.4, 0.5) is 19.7 Å². The number of benzene rings is 1. The third kappa shape index (κ3) is 4.30. The second-order valence-corrected chi connectivity index (χ2v) is 11.6. The largest absolute Gasteiger partial charge is 0.390 e. The zero-order valence-electron chi connectivity index (χ0n) is 8.70. The van der Waals surface area contributed by atoms with E-state index in [0.29, 0.717) is 0 Å². The summed E-state index contributed by atoms with van der Waals surface area (Å²) in [6.07, 6.45) is 0. The summed E-state index contributed by atoms with van der Waals surface area (Å²) in [6.45, 7) is -11.1. The van der Waals surface area contributed by atoms with Gasteiger partial charge in [0, 0.05) is 5.30 Å². The molecule has 4 nitrogen and oxygen atoms in total. The van der Waals surface area contributed by atoms with Crippen LogP contribution in [0.15, 0.2) is 30.3 Å². The highest BCUT2D eigenvalue weighted by atomic mass is 32.7. The van der Waals surface area contributed by atoms with Gasteiger partial charge in [0.1, 0.15) is 0 Å². The minimum absolute atomic E-state index is 0.727. The summed E-state index contributed by atoms with van der Waals surface area (Å²) in [5, 5.41) is -0.976. The summed E-state index contributed by atoms with van der Waals surface area (Å²) >= 11 is 3.64. The van der Waals surface area contributed by atoms with Gasteiger partial charge in [-0.05, 0) is 23.9 Å². The van der Waals surface area contributed by atoms with Crippen LogP contribution in [0.25, 0.3) is 0 Å². The van der Waals surface area contributed by atoms with Gasteiger partial charge in [-0.15, -0.1) is 20.2 Å². The van der Waals surface area contributed by atoms with Gasteiger partial charge in [0.2, 0.25) is 0 Å². The van der Waals surface area contributed by atoms with Crippen molar-refractivity contribution in [1.82, 2.24) is 0 Å². The quantitative estimate of drug-likeness (QED) is 0.371. The van der Waals surface area contributed by atoms with Crippen LogP contribution < -0.4 is 5.30 Å². The molecule has 2 atom stereocenters. The van der Waals surface area contributed by atoms with Crippen LogP contribution in [0.5, 0.6) is 0 Å². The van der Waals surface area contributed by atoms with Crippen LogP contribution in [-0.4, -0.2) is 9.79 Å². The second-order valence-electron chi connectivity index (χ2n) is 3.08. The first-order chi connectivity index (χ1) is 8.32. The SMILES string of the molecule is OP(F)(=S)OOP(O)(c1ccccc1)=S(F)(F)(F)F. The molecule has 0 saturated heterocycles. The average Bonchev–Trinajstić information content (AvgIpc) is 2.23. The fraction of sp³-hybridized carbons (Fsp3) is 0. The van der Waals surface area contributed by atoms with E-state index in [1.165, 1.54) is 6.07 Å². The van der Waals surface area contributed by atoms with Gasteiger partial charge in [-0.3, -0.25) is 0 Å². The molecule has 2 unspecified atom stereocenters. The molecule has 19 heavy (non-hydrogen) atoms. The van der Waals surface area contributed by atoms with E-state index >= 15 is 0 Å². The van der Waals surface area contributed by atoms with E-state index in [1.807, 2.05) is 0 Å². The Hall–Kier alpha value is 0.140. The summed E-state index contributed by atoms with van der Waals surface area (Å²) in [5.41, 5.74) is 0. The summed E-state index contributed by atoms with van der Waals surface area (Å²) < 4.78 is 70.8. The lowest BCUT2D eigenvalue weighted by Crippen LogP contribution is -2.18. The molecule has 0 fully saturated rings. The minimum atomic E-state index is -8.45. The van der Waals surface area contributed by atoms with E-state index in [1.54, 1.807) is 0 Å². The zero-order valence-corrected chi connectivity index (χ0v) is 12.1. The van der Waals surface area contributed by atoms with Crippen molar-refractivity contribution >= 4 is 40.3 Å². The van der Waals surface area contributed by atoms with Crippen LogP contribution in [0, 0.1) is 0 Å². The lowest BCUT2D eigenvalue weighted by Gasteiger charge is -2.26. The third-order valence-corrected chi connectivity index (χ3v) is 7.28. The number of rotatable bonds is 4. The molecule has 1 rings (SSSR count). The Labute approximate surface area is 110 Å². The molecule has 0 radical (unpaired) electrons. The lowest BCUT2D eigenvalue weighted by atomic mass is 10.4. The van der Waals surface area contributed by atoms with Gasteiger partial charge < -0.3 is 9.79 Å². The normalized spacial score (nSPS) is 20.9. The first-order valence-electron chi connectivity index (χ1n) is 4.22. The van der Waals surface area contributed by atoms with Crippen molar-refractivity contribution in [2.75, 3.05) is 0 Å². The van der Waals surface area contributed by atoms with Crippen LogP contribution in [-0.2, 0) is 31.0 Å². The predicted molar refractivity (Wildman–Crippen MR) is 66.8 cm³/mol. The van der Waals surface area contributed by atoms with Crippen LogP contribution in [0.3, 0.4) is 0 Å². The Morgan fingerprint density at radius 3 is 1.84 bits per heavy atom. The minimum Gasteiger partial charge on any atom is -0.338 e. The Morgan fingerprint density at radius 1 is 1.00 bits per heavy atom. The molecule has 0 aromatic heterocycles. The lowest BCUT2D eigenvalue weighted by molar-refractivity contribution is -0.104. The van der Waals surface area contributed by atoms with Gasteiger partial charge in [-0.1, -0.05) is 18.2 Å². The van der Waals surface area contributed by atoms with Crippen molar-refractivity contribution in [2.24, 2.45) is 0 Å². The van der Waals surface area contributed by atoms with Gasteiger partial charge in [0.25, 0.3) is 0 Å². The molecule has 0 saturated carbocycles. The molecular formula is C6H7F5O4P2S2. The summed E-state index contributed by atoms with van der Waals surface area (Å²) in [4.78, 5) is 17.9. The van der Waals surface area contributed by atoms with Crippen molar-refractivity contribution in [2.45, 2.75) is 0 Å². The molecular weight excluding hydrogens is 357 g/mol. The monoisotopic (exact) mass is 364 g/mol. The Kier molecular flexibility index (Phi) is 4.67. The zero-order chi connectivity index (χ0) is 15.0. The van der Waals surface area contributed by atoms with Crippen LogP contribution in [0.1, 0.15) is 0 Å². The van der Waals surface area contributed by atoms with Gasteiger partial charge in [-0.25, -0.2) is 0 Å². The highest BCUT2D eigenvalue weighted by molar-refractivity contribution is 8.42. The average molecular weight is 364 g/mol. The van der Waals surface area contributed by atoms with Gasteiger partial charge in [0.05, 0.1) is 0 Å². The molecule has 0 bridgehead atoms. The standard InChI is InChI=1S/C6H7F5O4P2S2/c7-17(13,18)15-14-16(12,19(8,9,10)11)6-4-2-1-3-5-6/h1-5,12H,(H,13,18). The smallest absolute Gasteiger partial charge is 0.338 e. The molecule has 0 aliphatic carbocycles. The van der Waals surface area contributed by atoms with Crippen molar-refractivity contribution in [3.05, 3.63) is 30.3 Å². The highest BCUT2D eigenvalue weighted by Gasteiger charge is 2.49. The molecule has 1 aromatic rings. The van der Waals surface area contributed by atoms with Crippen LogP contribution in [0.2, 0.25) is 0 Å². The Balaban J connectivity index is 3.48. The third-order valence-electron chi connectivity index (χ3n) is 1.68. The first-order valence-corrected chi connectivity index (χ1v) is 10.7. The van der Waals surface area contributed by atoms with E-state index in [-0.39, 0.29) is 0 Å². The van der Waals surface area contributed by atoms with Gasteiger partial charge >= 0.3 is 23.2 Å². The van der Waals surface area contributed by atoms with E-state index in [2.05, 4.69) is 21.2 Å². The first kappa shape index (κ1) is 17.2. The molecule has 0 aliphatic rings. The fourth-order valence-corrected chi connectivity index (χ4v) is 4.77. The molecule has 2 N–H and O–H groups in total. The summed E-state index contributed by atoms with van der Waals surface area (Å²) in [7, 11) is -8.45. The topological polar surface area (TPSA) is 58.9 Å². The second kappa shape index (κ2) is 5.16. The van der Waals surface area contributed by atoms with Crippen molar-refractivity contribution in [3.8, 4) is 0 Å². The van der Waals surface area contributed by atoms with Gasteiger partial charge in [0.15, 0.2) is 0 Å². The number of hydrogen-bond donors (Lipinski definition) is 2. The molecule has 0 amide bonds. The number of halogens is 5. The highest BCUT2D eigenvalue weighted by Crippen LogP contribution is 2.66. The molecule has 112 valence electrons. The van der Waals surface area contributed by atoms with E-state index in [0.717, 1.165) is 24.3 Å². The molecule has 1 aromatic carbocycles. The van der Waals surface area contributed by atoms with Crippen LogP contribution >= 0.6 is 13.3 Å². The van der Waals surface area contributed by atoms with Crippen molar-refractivity contribution in [3.63, 3.8) is 0 Å².